The Morgan fingerprint density at radius 2 is 1.95 bits per heavy atom. The molecule has 214 valence electrons. The number of nitrogens with one attached hydrogen (secondary N) is 1. The van der Waals surface area contributed by atoms with Crippen LogP contribution in [0.5, 0.6) is 5.75 Å². The number of nitrogens with zero attached hydrogens (tertiary/aromatic N) is 4. The first kappa shape index (κ1) is 29.2. The Balaban J connectivity index is 1.49. The van der Waals surface area contributed by atoms with Gasteiger partial charge in [-0.15, -0.1) is 28.1 Å². The molecule has 1 N–H and O–H groups in total. The van der Waals surface area contributed by atoms with Gasteiger partial charge in [0.25, 0.3) is 5.91 Å². The summed E-state index contributed by atoms with van der Waals surface area (Å²) in [7, 11) is 1.56. The van der Waals surface area contributed by atoms with Crippen LogP contribution in [0, 0.1) is 5.21 Å². The first-order valence-electron chi connectivity index (χ1n) is 12.7. The van der Waals surface area contributed by atoms with Crippen LogP contribution in [0.15, 0.2) is 58.3 Å². The fourth-order valence-corrected chi connectivity index (χ4v) is 6.22. The normalized spacial score (nSPS) is 18.5. The van der Waals surface area contributed by atoms with Crippen molar-refractivity contribution in [2.24, 2.45) is 5.28 Å². The van der Waals surface area contributed by atoms with Gasteiger partial charge in [0.2, 0.25) is 11.2 Å². The Bertz CT molecular complexity index is 1260. The summed E-state index contributed by atoms with van der Waals surface area (Å²) < 4.78 is 10.7. The molecule has 4 rings (SSSR count). The molecule has 1 aromatic carbocycles. The number of ether oxygens (including phenoxy) is 2. The van der Waals surface area contributed by atoms with E-state index in [-0.39, 0.29) is 31.2 Å². The number of thioether (sulfide) groups is 1. The minimum absolute atomic E-state index is 0.0258. The third-order valence-corrected chi connectivity index (χ3v) is 8.56. The average Bonchev–Trinajstić information content (AvgIpc) is 3.48. The van der Waals surface area contributed by atoms with Gasteiger partial charge in [0, 0.05) is 16.2 Å². The summed E-state index contributed by atoms with van der Waals surface area (Å²) in [6, 6.07) is 9.99. The standard InChI is InChI=1S/C26H31N5O7S2/c1-4-29(5-2)31(35)28-38-15-18-16-40-25-22(27-21(32)13-20-7-6-12-39-20)24(33)30(25)23(18)26(34)37-14-17-8-10-19(36-3)11-9-17/h6-12,22,25H,4-5,13-16H2,1-3H3,(H,27,32)/b31-28-/t22-,25-/m1/s1. The fraction of sp³-hybridized carbons (Fsp3) is 0.423. The van der Waals surface area contributed by atoms with Crippen molar-refractivity contribution in [2.75, 3.05) is 32.6 Å². The number of benzene rings is 1. The van der Waals surface area contributed by atoms with Gasteiger partial charge in [-0.2, -0.15) is 0 Å². The average molecular weight is 590 g/mol. The van der Waals surface area contributed by atoms with E-state index in [1.165, 1.54) is 33.0 Å². The number of β-lactam (4-membered cyclic amide) rings is 1. The Hall–Kier alpha value is -3.78. The number of carbonyl (C=O) groups is 3. The van der Waals surface area contributed by atoms with Crippen LogP contribution in [0.2, 0.25) is 0 Å². The van der Waals surface area contributed by atoms with E-state index in [2.05, 4.69) is 10.6 Å². The van der Waals surface area contributed by atoms with Gasteiger partial charge in [-0.3, -0.25) is 14.5 Å². The van der Waals surface area contributed by atoms with Gasteiger partial charge in [0.1, 0.15) is 36.1 Å². The minimum atomic E-state index is -0.770. The van der Waals surface area contributed by atoms with Gasteiger partial charge < -0.3 is 24.8 Å². The fourth-order valence-electron chi connectivity index (χ4n) is 4.19. The summed E-state index contributed by atoms with van der Waals surface area (Å²) in [5.74, 6) is -0.411. The smallest absolute Gasteiger partial charge is 0.355 e. The molecule has 2 aliphatic rings. The highest BCUT2D eigenvalue weighted by atomic mass is 32.2. The van der Waals surface area contributed by atoms with Crippen molar-refractivity contribution in [1.82, 2.24) is 15.2 Å². The number of rotatable bonds is 13. The molecule has 0 unspecified atom stereocenters. The molecule has 14 heteroatoms. The molecule has 2 aromatic rings. The zero-order chi connectivity index (χ0) is 28.6. The zero-order valence-electron chi connectivity index (χ0n) is 22.4. The molecule has 2 aliphatic heterocycles. The number of hydrazine groups is 1. The molecule has 12 nitrogen and oxygen atoms in total. The molecule has 0 aliphatic carbocycles. The monoisotopic (exact) mass is 589 g/mol. The van der Waals surface area contributed by atoms with Gasteiger partial charge in [0.05, 0.1) is 31.6 Å². The van der Waals surface area contributed by atoms with Gasteiger partial charge in [0.15, 0.2) is 0 Å². The number of hydrogen-bond donors (Lipinski definition) is 1. The van der Waals surface area contributed by atoms with Gasteiger partial charge >= 0.3 is 5.97 Å². The number of hydrogen-bond acceptors (Lipinski definition) is 10. The molecule has 40 heavy (non-hydrogen) atoms. The highest BCUT2D eigenvalue weighted by Gasteiger charge is 2.54. The van der Waals surface area contributed by atoms with Crippen molar-refractivity contribution in [1.29, 1.82) is 0 Å². The maximum atomic E-state index is 13.3. The lowest BCUT2D eigenvalue weighted by Gasteiger charge is -2.49. The maximum Gasteiger partial charge on any atom is 0.355 e. The predicted molar refractivity (Wildman–Crippen MR) is 148 cm³/mol. The van der Waals surface area contributed by atoms with Crippen molar-refractivity contribution in [3.05, 3.63) is 68.7 Å². The van der Waals surface area contributed by atoms with Gasteiger partial charge in [-0.25, -0.2) is 4.79 Å². The third-order valence-electron chi connectivity index (χ3n) is 6.34. The number of amides is 2. The van der Waals surface area contributed by atoms with Crippen molar-refractivity contribution in [3.8, 4) is 5.75 Å². The summed E-state index contributed by atoms with van der Waals surface area (Å²) >= 11 is 2.85. The molecular weight excluding hydrogens is 558 g/mol. The van der Waals surface area contributed by atoms with Gasteiger partial charge in [-0.05, 0) is 43.0 Å². The van der Waals surface area contributed by atoms with E-state index in [1.807, 2.05) is 31.4 Å². The van der Waals surface area contributed by atoms with Crippen LogP contribution >= 0.6 is 23.1 Å². The van der Waals surface area contributed by atoms with E-state index in [9.17, 15) is 19.6 Å². The predicted octanol–water partition coefficient (Wildman–Crippen LogP) is 2.85. The maximum absolute atomic E-state index is 13.3. The second kappa shape index (κ2) is 13.5. The van der Waals surface area contributed by atoms with Crippen LogP contribution in [0.4, 0.5) is 0 Å². The van der Waals surface area contributed by atoms with E-state index >= 15 is 0 Å². The summed E-state index contributed by atoms with van der Waals surface area (Å²) in [6.45, 7) is 4.29. The van der Waals surface area contributed by atoms with E-state index in [1.54, 1.807) is 31.4 Å². The molecule has 3 heterocycles. The van der Waals surface area contributed by atoms with Crippen LogP contribution in [0.1, 0.15) is 24.3 Å². The van der Waals surface area contributed by atoms with Crippen LogP contribution < -0.4 is 10.1 Å². The number of carbonyl (C=O) groups excluding carboxylic acids is 3. The summed E-state index contributed by atoms with van der Waals surface area (Å²) in [6.07, 6.45) is 0.171. The summed E-state index contributed by atoms with van der Waals surface area (Å²) in [5, 5.41) is 21.3. The lowest BCUT2D eigenvalue weighted by molar-refractivity contribution is -0.709. The van der Waals surface area contributed by atoms with Crippen molar-refractivity contribution in [3.63, 3.8) is 0 Å². The van der Waals surface area contributed by atoms with E-state index in [4.69, 9.17) is 14.3 Å². The molecule has 2 atom stereocenters. The molecular formula is C26H31N5O7S2. The largest absolute Gasteiger partial charge is 0.569 e. The lowest BCUT2D eigenvalue weighted by Crippen LogP contribution is -2.70. The zero-order valence-corrected chi connectivity index (χ0v) is 24.0. The second-order valence-corrected chi connectivity index (χ2v) is 11.0. The van der Waals surface area contributed by atoms with Gasteiger partial charge in [-0.1, -0.05) is 18.2 Å². The molecule has 1 fully saturated rings. The van der Waals surface area contributed by atoms with Crippen LogP contribution in [-0.4, -0.2) is 76.6 Å². The second-order valence-electron chi connectivity index (χ2n) is 8.83. The van der Waals surface area contributed by atoms with Crippen molar-refractivity contribution < 1.29 is 33.7 Å². The molecule has 1 aromatic heterocycles. The minimum Gasteiger partial charge on any atom is -0.569 e. The molecule has 1 saturated heterocycles. The van der Waals surface area contributed by atoms with Crippen molar-refractivity contribution >= 4 is 40.9 Å². The summed E-state index contributed by atoms with van der Waals surface area (Å²) in [5.41, 5.74) is 1.23. The number of thiophene rings is 1. The van der Waals surface area contributed by atoms with Crippen LogP contribution in [-0.2, 0) is 37.0 Å². The number of esters is 1. The molecule has 0 saturated carbocycles. The van der Waals surface area contributed by atoms with Crippen LogP contribution in [0.25, 0.3) is 0 Å². The molecule has 0 spiro atoms. The molecule has 2 amide bonds. The Kier molecular flexibility index (Phi) is 9.88. The molecule has 0 radical (unpaired) electrons. The highest BCUT2D eigenvalue weighted by Crippen LogP contribution is 2.41. The lowest BCUT2D eigenvalue weighted by atomic mass is 10.0. The van der Waals surface area contributed by atoms with E-state index in [0.29, 0.717) is 35.1 Å². The number of methoxy groups -OCH3 is 1. The molecule has 0 bridgehead atoms. The number of fused-ring (bicyclic) bond motifs is 1. The van der Waals surface area contributed by atoms with E-state index in [0.717, 1.165) is 10.4 Å². The first-order chi connectivity index (χ1) is 19.4. The quantitative estimate of drug-likeness (QED) is 0.123. The summed E-state index contributed by atoms with van der Waals surface area (Å²) in [4.78, 5) is 46.9. The Labute approximate surface area is 240 Å². The Morgan fingerprint density at radius 1 is 1.20 bits per heavy atom. The van der Waals surface area contributed by atoms with Crippen molar-refractivity contribution in [2.45, 2.75) is 38.3 Å². The third kappa shape index (κ3) is 6.67. The highest BCUT2D eigenvalue weighted by molar-refractivity contribution is 8.00. The van der Waals surface area contributed by atoms with Crippen LogP contribution in [0.3, 0.4) is 0 Å². The Morgan fingerprint density at radius 3 is 2.60 bits per heavy atom. The van der Waals surface area contributed by atoms with E-state index < -0.39 is 23.3 Å². The topological polar surface area (TPSA) is 136 Å². The first-order valence-corrected chi connectivity index (χ1v) is 14.6. The SMILES string of the molecule is CCN(CC)/[N+]([O-])=N/OCC1=C(C(=O)OCc2ccc(OC)cc2)N2C(=O)[C@@H](NC(=O)Cc3cccs3)[C@H]2SC1.